The monoisotopic (exact) mass is 726 g/mol. The van der Waals surface area contributed by atoms with E-state index in [1.54, 1.807) is 70.2 Å². The predicted molar refractivity (Wildman–Crippen MR) is 175 cm³/mol. The molecule has 2 unspecified atom stereocenters. The van der Waals surface area contributed by atoms with Gasteiger partial charge in [0.05, 0.1) is 53.3 Å². The summed E-state index contributed by atoms with van der Waals surface area (Å²) in [6.07, 6.45) is -8.86. The molecule has 16 heteroatoms. The van der Waals surface area contributed by atoms with Crippen LogP contribution in [0.5, 0.6) is 0 Å². The molecule has 268 valence electrons. The average Bonchev–Trinajstić information content (AvgIpc) is 3.08. The van der Waals surface area contributed by atoms with E-state index < -0.39 is 42.5 Å². The number of hydrogen-bond acceptors (Lipinski definition) is 8. The van der Waals surface area contributed by atoms with Gasteiger partial charge in [0, 0.05) is 5.56 Å². The summed E-state index contributed by atoms with van der Waals surface area (Å²) in [5, 5.41) is 17.6. The maximum Gasteiger partial charge on any atom is 0.488 e. The van der Waals surface area contributed by atoms with Crippen LogP contribution in [0.3, 0.4) is 0 Å². The van der Waals surface area contributed by atoms with Crippen molar-refractivity contribution in [2.24, 2.45) is 0 Å². The van der Waals surface area contributed by atoms with Gasteiger partial charge in [0.1, 0.15) is 5.15 Å². The Hall–Kier alpha value is -4.47. The molecule has 4 rings (SSSR count). The Kier molecular flexibility index (Phi) is 15.9. The quantitative estimate of drug-likeness (QED) is 0.0846. The van der Waals surface area contributed by atoms with Gasteiger partial charge < -0.3 is 19.5 Å². The van der Waals surface area contributed by atoms with Crippen molar-refractivity contribution in [2.45, 2.75) is 51.9 Å². The van der Waals surface area contributed by atoms with E-state index in [2.05, 4.69) is 9.97 Å². The number of carbonyl (C=O) groups is 2. The van der Waals surface area contributed by atoms with Gasteiger partial charge in [-0.3, -0.25) is 14.6 Å². The number of carbonyl (C=O) groups excluding carboxylic acids is 2. The molecule has 0 spiro atoms. The summed E-state index contributed by atoms with van der Waals surface area (Å²) in [5.74, 6) is -1.64. The zero-order chi connectivity index (χ0) is 37.6. The van der Waals surface area contributed by atoms with Crippen molar-refractivity contribution in [3.8, 4) is 11.3 Å². The van der Waals surface area contributed by atoms with Crippen LogP contribution in [-0.2, 0) is 31.4 Å². The van der Waals surface area contributed by atoms with Gasteiger partial charge in [-0.15, -0.1) is 0 Å². The minimum absolute atomic E-state index is 0.171. The molecule has 0 saturated heterocycles. The highest BCUT2D eigenvalue weighted by Crippen LogP contribution is 2.32. The number of nitrogens with zero attached hydrogens (tertiary/aromatic N) is 2. The largest absolute Gasteiger partial charge is 0.488 e. The normalized spacial score (nSPS) is 12.3. The van der Waals surface area contributed by atoms with E-state index in [4.69, 9.17) is 31.1 Å². The molecule has 0 radical (unpaired) electrons. The minimum Gasteiger partial charge on any atom is -0.465 e. The molecule has 2 aromatic carbocycles. The summed E-state index contributed by atoms with van der Waals surface area (Å²) in [7, 11) is -1.87. The number of rotatable bonds is 8. The summed E-state index contributed by atoms with van der Waals surface area (Å²) in [5.41, 5.74) is 0.0189. The molecule has 0 bridgehead atoms. The molecular weight excluding hydrogens is 693 g/mol. The summed E-state index contributed by atoms with van der Waals surface area (Å²) < 4.78 is 84.4. The minimum atomic E-state index is -4.45. The van der Waals surface area contributed by atoms with Gasteiger partial charge in [0.25, 0.3) is 0 Å². The van der Waals surface area contributed by atoms with Gasteiger partial charge in [-0.05, 0) is 69.6 Å². The first kappa shape index (κ1) is 41.7. The molecule has 0 aliphatic carbocycles. The van der Waals surface area contributed by atoms with E-state index in [0.29, 0.717) is 40.5 Å². The van der Waals surface area contributed by atoms with Crippen molar-refractivity contribution in [2.75, 3.05) is 13.2 Å². The van der Waals surface area contributed by atoms with Crippen molar-refractivity contribution >= 4 is 36.1 Å². The predicted octanol–water partition coefficient (Wildman–Crippen LogP) is 7.22. The van der Waals surface area contributed by atoms with Crippen LogP contribution in [0.1, 0.15) is 62.0 Å². The highest BCUT2D eigenvalue weighted by molar-refractivity contribution is 6.58. The number of ether oxygens (including phenoxy) is 2. The number of esters is 2. The topological polar surface area (TPSA) is 119 Å². The molecular formula is C34H34BClF6N2O6. The van der Waals surface area contributed by atoms with E-state index >= 15 is 0 Å². The first-order valence-corrected chi connectivity index (χ1v) is 15.4. The summed E-state index contributed by atoms with van der Waals surface area (Å²) >= 11 is 5.71. The first-order valence-electron chi connectivity index (χ1n) is 15.0. The van der Waals surface area contributed by atoms with Crippen LogP contribution in [0.25, 0.3) is 11.3 Å². The maximum atomic E-state index is 12.8. The lowest BCUT2D eigenvalue weighted by Gasteiger charge is -2.12. The lowest BCUT2D eigenvalue weighted by molar-refractivity contribution is -0.145. The Morgan fingerprint density at radius 2 is 1.18 bits per heavy atom. The molecule has 2 heterocycles. The molecule has 50 heavy (non-hydrogen) atoms. The van der Waals surface area contributed by atoms with E-state index in [9.17, 15) is 35.9 Å². The van der Waals surface area contributed by atoms with E-state index in [0.717, 1.165) is 24.3 Å². The molecule has 0 aliphatic heterocycles. The Morgan fingerprint density at radius 1 is 0.720 bits per heavy atom. The smallest absolute Gasteiger partial charge is 0.465 e. The molecule has 2 N–H and O–H groups in total. The molecule has 2 atom stereocenters. The second kappa shape index (κ2) is 19.1. The second-order valence-corrected chi connectivity index (χ2v) is 10.7. The van der Waals surface area contributed by atoms with Gasteiger partial charge >= 0.3 is 31.4 Å². The number of alkyl halides is 6. The van der Waals surface area contributed by atoms with E-state index in [1.807, 2.05) is 0 Å². The SMILES string of the molecule is CCOC(=O)C(C)c1cccc(-c2cccc(C(F)(F)F)c2)n1.CCOC(=O)C(C)c1cccc(Cl)n1.OB(O)c1cccc(C(F)(F)F)c1. The van der Waals surface area contributed by atoms with Crippen LogP contribution in [0.15, 0.2) is 84.9 Å². The fraction of sp³-hybridized carbons (Fsp3) is 0.294. The maximum absolute atomic E-state index is 12.8. The third kappa shape index (κ3) is 13.1. The fourth-order valence-electron chi connectivity index (χ4n) is 4.02. The Bertz CT molecular complexity index is 1710. The highest BCUT2D eigenvalue weighted by Gasteiger charge is 2.32. The summed E-state index contributed by atoms with van der Waals surface area (Å²) in [6, 6.07) is 18.9. The number of benzene rings is 2. The molecule has 0 amide bonds. The lowest BCUT2D eigenvalue weighted by Crippen LogP contribution is -2.30. The fourth-order valence-corrected chi connectivity index (χ4v) is 4.20. The van der Waals surface area contributed by atoms with Gasteiger partial charge in [0.2, 0.25) is 0 Å². The summed E-state index contributed by atoms with van der Waals surface area (Å²) in [4.78, 5) is 31.5. The van der Waals surface area contributed by atoms with Crippen molar-refractivity contribution < 1.29 is 55.5 Å². The Balaban J connectivity index is 0.000000277. The van der Waals surface area contributed by atoms with Gasteiger partial charge in [-0.2, -0.15) is 26.3 Å². The van der Waals surface area contributed by atoms with Crippen molar-refractivity contribution in [1.29, 1.82) is 0 Å². The summed E-state index contributed by atoms with van der Waals surface area (Å²) in [6.45, 7) is 7.51. The van der Waals surface area contributed by atoms with Crippen LogP contribution in [0, 0.1) is 0 Å². The molecule has 0 aliphatic rings. The van der Waals surface area contributed by atoms with Gasteiger partial charge in [0.15, 0.2) is 0 Å². The molecule has 0 saturated carbocycles. The third-order valence-corrected chi connectivity index (χ3v) is 6.88. The Morgan fingerprint density at radius 3 is 1.66 bits per heavy atom. The highest BCUT2D eigenvalue weighted by atomic mass is 35.5. The van der Waals surface area contributed by atoms with Crippen LogP contribution < -0.4 is 5.46 Å². The average molecular weight is 727 g/mol. The standard InChI is InChI=1S/C17H16F3NO2.C10H12ClNO2.C7H6BF3O2/c1-3-23-16(22)11(2)14-8-5-9-15(21-14)12-6-4-7-13(10-12)17(18,19)20;1-3-14-10(13)7(2)8-5-4-6-9(11)12-8;9-7(10,11)5-2-1-3-6(4-5)8(12)13/h4-11H,3H2,1-2H3;4-7H,3H2,1-2H3;1-4,12-13H. The van der Waals surface area contributed by atoms with Crippen LogP contribution in [0.2, 0.25) is 5.15 Å². The van der Waals surface area contributed by atoms with E-state index in [-0.39, 0.29) is 24.0 Å². The molecule has 8 nitrogen and oxygen atoms in total. The first-order chi connectivity index (χ1) is 23.4. The zero-order valence-electron chi connectivity index (χ0n) is 27.3. The zero-order valence-corrected chi connectivity index (χ0v) is 28.1. The second-order valence-electron chi connectivity index (χ2n) is 10.4. The van der Waals surface area contributed by atoms with Crippen molar-refractivity contribution in [3.05, 3.63) is 113 Å². The number of halogens is 7. The number of aromatic nitrogens is 2. The number of pyridine rings is 2. The van der Waals surface area contributed by atoms with Crippen molar-refractivity contribution in [3.63, 3.8) is 0 Å². The van der Waals surface area contributed by atoms with Crippen LogP contribution in [-0.4, -0.2) is 52.3 Å². The number of hydrogen-bond donors (Lipinski definition) is 2. The lowest BCUT2D eigenvalue weighted by atomic mass is 9.79. The van der Waals surface area contributed by atoms with Crippen molar-refractivity contribution in [1.82, 2.24) is 9.97 Å². The molecule has 2 aromatic heterocycles. The van der Waals surface area contributed by atoms with Crippen LogP contribution in [0.4, 0.5) is 26.3 Å². The molecule has 0 fully saturated rings. The Labute approximate surface area is 290 Å². The van der Waals surface area contributed by atoms with Gasteiger partial charge in [-0.1, -0.05) is 60.1 Å². The van der Waals surface area contributed by atoms with Crippen LogP contribution >= 0.6 is 11.6 Å². The molecule has 4 aromatic rings. The van der Waals surface area contributed by atoms with Gasteiger partial charge in [-0.25, -0.2) is 4.98 Å². The third-order valence-electron chi connectivity index (χ3n) is 6.67. The van der Waals surface area contributed by atoms with E-state index in [1.165, 1.54) is 12.1 Å².